The van der Waals surface area contributed by atoms with E-state index in [4.69, 9.17) is 131 Å². The third kappa shape index (κ3) is 4.05. The summed E-state index contributed by atoms with van der Waals surface area (Å²) in [6.45, 7) is 0. The van der Waals surface area contributed by atoms with Crippen LogP contribution in [-0.2, 0) is 0 Å². The van der Waals surface area contributed by atoms with Crippen LogP contribution < -0.4 is 87.4 Å². The van der Waals surface area contributed by atoms with E-state index in [2.05, 4.69) is 9.97 Å². The Morgan fingerprint density at radius 2 is 0.500 bits per heavy atom. The van der Waals surface area contributed by atoms with Gasteiger partial charge in [-0.2, -0.15) is 4.98 Å². The molecule has 7 aromatic rings. The summed E-state index contributed by atoms with van der Waals surface area (Å²) in [6, 6.07) is 0. The molecule has 0 saturated carbocycles. The predicted octanol–water partition coefficient (Wildman–Crippen LogP) is -13.2. The molecule has 0 aliphatic rings. The molecule has 182 valence electrons. The lowest BCUT2D eigenvalue weighted by Crippen LogP contribution is -2.49. The van der Waals surface area contributed by atoms with Crippen molar-refractivity contribution in [1.29, 1.82) is 0 Å². The lowest BCUT2D eigenvalue weighted by molar-refractivity contribution is 0.889. The maximum absolute atomic E-state index is 6.57. The third-order valence-corrected chi connectivity index (χ3v) is 8.87. The van der Waals surface area contributed by atoms with E-state index in [1.54, 1.807) is 0 Å². The molecule has 3 heterocycles. The van der Waals surface area contributed by atoms with Gasteiger partial charge in [0.05, 0.1) is 0 Å². The highest BCUT2D eigenvalue weighted by Crippen LogP contribution is 2.28. The molecule has 4 aromatic carbocycles. The Morgan fingerprint density at radius 3 is 0.729 bits per heavy atom. The van der Waals surface area contributed by atoms with Gasteiger partial charge in [0.15, 0.2) is 0 Å². The number of aromatic nitrogens is 5. The Bertz CT molecular complexity index is 2310. The Hall–Kier alpha value is -3.47. The Morgan fingerprint density at radius 1 is 0.292 bits per heavy atom. The first-order valence-corrected chi connectivity index (χ1v) is 13.9. The average Bonchev–Trinajstić information content (AvgIpc) is 3.63. The van der Waals surface area contributed by atoms with Gasteiger partial charge in [0.2, 0.25) is 11.9 Å². The average molecular weight is 568 g/mol. The number of hydrogen-bond donors (Lipinski definition) is 0. The molecule has 0 spiro atoms. The number of rotatable bonds is 2. The van der Waals surface area contributed by atoms with Crippen molar-refractivity contribution < 1.29 is 0 Å². The minimum atomic E-state index is -0.0644. The minimum absolute atomic E-state index is 0.00792. The Labute approximate surface area is 297 Å². The molecule has 3 aromatic heterocycles. The summed E-state index contributed by atoms with van der Waals surface area (Å²) < 4.78 is 2.92. The molecule has 7 rings (SSSR count). The highest BCUT2D eigenvalue weighted by molar-refractivity contribution is 6.73. The number of hydrogen-bond acceptors (Lipinski definition) is 3. The van der Waals surface area contributed by atoms with Gasteiger partial charge in [-0.1, -0.05) is 43.7 Å². The molecule has 0 atom stereocenters. The van der Waals surface area contributed by atoms with Crippen LogP contribution in [0.25, 0.3) is 55.5 Å². The molecule has 0 saturated heterocycles. The van der Waals surface area contributed by atoms with E-state index in [0.29, 0.717) is 0 Å². The van der Waals surface area contributed by atoms with Gasteiger partial charge >= 0.3 is 0 Å². The fourth-order valence-electron chi connectivity index (χ4n) is 6.32. The van der Waals surface area contributed by atoms with Crippen molar-refractivity contribution in [3.05, 3.63) is 6.33 Å². The lowest BCUT2D eigenvalue weighted by atomic mass is 9.63. The first-order chi connectivity index (χ1) is 22.5. The molecule has 0 amide bonds. The van der Waals surface area contributed by atoms with E-state index in [0.717, 1.165) is 0 Å². The summed E-state index contributed by atoms with van der Waals surface area (Å²) in [4.78, 5) is 13.6. The van der Waals surface area contributed by atoms with E-state index in [9.17, 15) is 0 Å². The largest absolute Gasteiger partial charge is 0.279 e. The van der Waals surface area contributed by atoms with Crippen molar-refractivity contribution in [2.24, 2.45) is 0 Å². The van der Waals surface area contributed by atoms with Gasteiger partial charge in [0.25, 0.3) is 0 Å². The van der Waals surface area contributed by atoms with Crippen molar-refractivity contribution in [3.8, 4) is 11.9 Å². The van der Waals surface area contributed by atoms with Gasteiger partial charge in [-0.3, -0.25) is 9.13 Å². The smallest absolute Gasteiger partial charge is 0.239 e. The van der Waals surface area contributed by atoms with Crippen LogP contribution in [0.1, 0.15) is 0 Å². The SMILES string of the molecule is [B]c1c([B])c([B])c2c(c1[B])c1c([B])c([B])c([B])c([B])c1n2-c1ncnc(-n2c3c([B])c([B])c([B])c([B])c3c3c([B])c([B])c([B])c([B])c32)n1. The normalized spacial score (nSPS) is 11.8. The molecular formula is C27HB16N5. The fourth-order valence-corrected chi connectivity index (χ4v) is 6.32. The van der Waals surface area contributed by atoms with Gasteiger partial charge in [-0.25, -0.2) is 9.97 Å². The van der Waals surface area contributed by atoms with Crippen molar-refractivity contribution in [2.45, 2.75) is 0 Å². The van der Waals surface area contributed by atoms with E-state index in [1.165, 1.54) is 15.5 Å². The van der Waals surface area contributed by atoms with Crippen LogP contribution in [0.3, 0.4) is 0 Å². The van der Waals surface area contributed by atoms with Gasteiger partial charge in [-0.05, 0) is 21.5 Å². The van der Waals surface area contributed by atoms with Gasteiger partial charge in [-0.15, -0.1) is 43.7 Å². The van der Waals surface area contributed by atoms with Gasteiger partial charge < -0.3 is 0 Å². The molecule has 0 unspecified atom stereocenters. The molecule has 0 fully saturated rings. The lowest BCUT2D eigenvalue weighted by Gasteiger charge is -2.18. The summed E-state index contributed by atoms with van der Waals surface area (Å²) in [5.41, 5.74) is 1.16. The van der Waals surface area contributed by atoms with Gasteiger partial charge in [0, 0.05) is 22.1 Å². The number of benzene rings is 4. The van der Waals surface area contributed by atoms with Crippen LogP contribution in [0, 0.1) is 0 Å². The maximum Gasteiger partial charge on any atom is 0.239 e. The van der Waals surface area contributed by atoms with Crippen molar-refractivity contribution in [2.75, 3.05) is 0 Å². The first-order valence-electron chi connectivity index (χ1n) is 13.9. The van der Waals surface area contributed by atoms with Crippen LogP contribution in [-0.4, -0.2) is 150 Å². The molecular weight excluding hydrogens is 567 g/mol. The topological polar surface area (TPSA) is 48.5 Å². The van der Waals surface area contributed by atoms with E-state index >= 15 is 0 Å². The van der Waals surface area contributed by atoms with Gasteiger partial charge in [0.1, 0.15) is 132 Å². The second-order valence-corrected chi connectivity index (χ2v) is 11.3. The van der Waals surface area contributed by atoms with Crippen LogP contribution in [0.4, 0.5) is 0 Å². The molecule has 48 heavy (non-hydrogen) atoms. The van der Waals surface area contributed by atoms with Crippen LogP contribution >= 0.6 is 0 Å². The second-order valence-electron chi connectivity index (χ2n) is 11.3. The van der Waals surface area contributed by atoms with E-state index in [-0.39, 0.29) is 143 Å². The molecule has 21 heteroatoms. The molecule has 0 aliphatic heterocycles. The summed E-state index contributed by atoms with van der Waals surface area (Å²) in [5.74, 6) is -0.129. The molecule has 0 aliphatic carbocycles. The number of nitrogens with zero attached hydrogens (tertiary/aromatic N) is 5. The monoisotopic (exact) mass is 571 g/mol. The van der Waals surface area contributed by atoms with E-state index < -0.39 is 0 Å². The minimum Gasteiger partial charge on any atom is -0.279 e. The summed E-state index contributed by atoms with van der Waals surface area (Å²) >= 11 is 0. The highest BCUT2D eigenvalue weighted by Gasteiger charge is 2.26. The van der Waals surface area contributed by atoms with Crippen molar-refractivity contribution in [3.63, 3.8) is 0 Å². The molecule has 0 bridgehead atoms. The summed E-state index contributed by atoms with van der Waals surface area (Å²) in [5, 5.41) is 1.13. The maximum atomic E-state index is 6.57. The summed E-state index contributed by atoms with van der Waals surface area (Å²) in [6.07, 6.45) is 1.20. The second kappa shape index (κ2) is 11.0. The van der Waals surface area contributed by atoms with Crippen LogP contribution in [0.5, 0.6) is 0 Å². The molecule has 5 nitrogen and oxygen atoms in total. The highest BCUT2D eigenvalue weighted by atomic mass is 15.3. The zero-order valence-electron chi connectivity index (χ0n) is 25.1. The zero-order valence-corrected chi connectivity index (χ0v) is 25.1. The number of fused-ring (bicyclic) bond motifs is 6. The fraction of sp³-hybridized carbons (Fsp3) is 0. The first kappa shape index (κ1) is 33.0. The predicted molar refractivity (Wildman–Crippen MR) is 215 cm³/mol. The quantitative estimate of drug-likeness (QED) is 0.195. The summed E-state index contributed by atoms with van der Waals surface area (Å²) in [7, 11) is 102. The third-order valence-electron chi connectivity index (χ3n) is 8.87. The Kier molecular flexibility index (Phi) is 7.59. The van der Waals surface area contributed by atoms with Crippen LogP contribution in [0.15, 0.2) is 6.33 Å². The van der Waals surface area contributed by atoms with Crippen LogP contribution in [0.2, 0.25) is 0 Å². The Balaban J connectivity index is 1.71. The standard InChI is InChI=1S/C27HB16N5/c28-6-2-3-7(29)11(33)15(37)19(41)23(3)47(22(2)18(40)14(36)10(6)32)26-44-1-45-27(46-26)48-24-4(8(30)12(34)16(38)20(24)42)5-9(31)13(35)17(39)21(43)25(5)48/h1H. The molecule has 32 radical (unpaired) electrons. The molecule has 0 N–H and O–H groups in total. The van der Waals surface area contributed by atoms with Crippen molar-refractivity contribution >= 4 is 257 Å². The van der Waals surface area contributed by atoms with E-state index in [1.807, 2.05) is 0 Å². The van der Waals surface area contributed by atoms with Crippen molar-refractivity contribution in [1.82, 2.24) is 24.1 Å². The zero-order chi connectivity index (χ0) is 35.0.